The summed E-state index contributed by atoms with van der Waals surface area (Å²) in [6.45, 7) is 5.68. The Kier molecular flexibility index (Phi) is 4.91. The molecule has 134 valence electrons. The highest BCUT2D eigenvalue weighted by atomic mass is 19.4. The molecule has 0 aromatic carbocycles. The van der Waals surface area contributed by atoms with E-state index in [1.807, 2.05) is 0 Å². The smallest absolute Gasteiger partial charge is 0.351 e. The highest BCUT2D eigenvalue weighted by Gasteiger charge is 2.39. The third-order valence-electron chi connectivity index (χ3n) is 4.08. The summed E-state index contributed by atoms with van der Waals surface area (Å²) in [5.41, 5.74) is -1.13. The van der Waals surface area contributed by atoms with E-state index in [0.717, 1.165) is 6.07 Å². The van der Waals surface area contributed by atoms with Gasteiger partial charge in [-0.15, -0.1) is 0 Å². The summed E-state index contributed by atoms with van der Waals surface area (Å²) >= 11 is 0. The molecule has 0 radical (unpaired) electrons. The first-order chi connectivity index (χ1) is 11.0. The topological polar surface area (TPSA) is 75.4 Å². The maximum atomic E-state index is 12.6. The van der Waals surface area contributed by atoms with Crippen molar-refractivity contribution in [1.82, 2.24) is 15.4 Å². The van der Waals surface area contributed by atoms with Crippen LogP contribution >= 0.6 is 0 Å². The molecule has 0 unspecified atom stereocenters. The minimum atomic E-state index is -4.63. The molecule has 6 nitrogen and oxygen atoms in total. The summed E-state index contributed by atoms with van der Waals surface area (Å²) in [6.07, 6.45) is -3.73. The number of halogens is 3. The maximum Gasteiger partial charge on any atom is 0.452 e. The van der Waals surface area contributed by atoms with Crippen LogP contribution in [0.3, 0.4) is 0 Å². The summed E-state index contributed by atoms with van der Waals surface area (Å²) in [5, 5.41) is 6.11. The summed E-state index contributed by atoms with van der Waals surface area (Å²) in [7, 11) is 0. The average molecular weight is 347 g/mol. The number of hydrogen-bond donors (Lipinski definition) is 1. The summed E-state index contributed by atoms with van der Waals surface area (Å²) < 4.78 is 42.1. The van der Waals surface area contributed by atoms with Crippen LogP contribution in [0.2, 0.25) is 0 Å². The molecule has 9 heteroatoms. The van der Waals surface area contributed by atoms with E-state index in [1.165, 1.54) is 0 Å². The quantitative estimate of drug-likeness (QED) is 0.907. The van der Waals surface area contributed by atoms with Gasteiger partial charge in [-0.25, -0.2) is 0 Å². The van der Waals surface area contributed by atoms with Crippen molar-refractivity contribution >= 4 is 11.8 Å². The molecule has 1 fully saturated rings. The van der Waals surface area contributed by atoms with Gasteiger partial charge in [-0.3, -0.25) is 9.59 Å². The van der Waals surface area contributed by atoms with Gasteiger partial charge >= 0.3 is 6.18 Å². The van der Waals surface area contributed by atoms with Gasteiger partial charge < -0.3 is 14.7 Å². The number of aromatic nitrogens is 1. The van der Waals surface area contributed by atoms with Gasteiger partial charge in [-0.1, -0.05) is 12.1 Å². The predicted molar refractivity (Wildman–Crippen MR) is 77.7 cm³/mol. The molecule has 1 aliphatic heterocycles. The van der Waals surface area contributed by atoms with Crippen LogP contribution in [-0.2, 0) is 21.3 Å². The highest BCUT2D eigenvalue weighted by Crippen LogP contribution is 2.32. The summed E-state index contributed by atoms with van der Waals surface area (Å²) in [6, 6.07) is 0.780. The van der Waals surface area contributed by atoms with Crippen molar-refractivity contribution in [2.24, 2.45) is 5.92 Å². The molecule has 1 aromatic rings. The van der Waals surface area contributed by atoms with Gasteiger partial charge in [0.25, 0.3) is 0 Å². The Hall–Kier alpha value is -2.06. The van der Waals surface area contributed by atoms with E-state index in [9.17, 15) is 22.8 Å². The first kappa shape index (κ1) is 18.3. The Bertz CT molecular complexity index is 625. The zero-order valence-corrected chi connectivity index (χ0v) is 13.7. The first-order valence-corrected chi connectivity index (χ1v) is 7.68. The fraction of sp³-hybridized carbons (Fsp3) is 0.667. The van der Waals surface area contributed by atoms with E-state index in [2.05, 4.69) is 15.0 Å². The lowest BCUT2D eigenvalue weighted by Gasteiger charge is -2.25. The zero-order valence-electron chi connectivity index (χ0n) is 13.7. The number of amides is 2. The van der Waals surface area contributed by atoms with Gasteiger partial charge in [0.15, 0.2) is 0 Å². The molecule has 0 spiro atoms. The van der Waals surface area contributed by atoms with Crippen molar-refractivity contribution in [2.45, 2.75) is 45.3 Å². The summed E-state index contributed by atoms with van der Waals surface area (Å²) in [4.78, 5) is 25.6. The van der Waals surface area contributed by atoms with E-state index >= 15 is 0 Å². The van der Waals surface area contributed by atoms with Crippen molar-refractivity contribution in [2.75, 3.05) is 13.1 Å². The minimum absolute atomic E-state index is 0.0114. The molecule has 0 aliphatic carbocycles. The van der Waals surface area contributed by atoms with Crippen LogP contribution in [0.1, 0.15) is 45.1 Å². The third kappa shape index (κ3) is 3.88. The van der Waals surface area contributed by atoms with Crippen LogP contribution in [0.15, 0.2) is 10.6 Å². The van der Waals surface area contributed by atoms with Crippen LogP contribution in [0.4, 0.5) is 13.2 Å². The molecule has 1 saturated heterocycles. The Balaban J connectivity index is 2.02. The minimum Gasteiger partial charge on any atom is -0.351 e. The molecular formula is C15H20F3N3O3. The van der Waals surface area contributed by atoms with Gasteiger partial charge in [0.1, 0.15) is 5.69 Å². The Morgan fingerprint density at radius 2 is 2.08 bits per heavy atom. The van der Waals surface area contributed by atoms with Crippen molar-refractivity contribution in [3.05, 3.63) is 17.5 Å². The van der Waals surface area contributed by atoms with E-state index in [4.69, 9.17) is 0 Å². The monoisotopic (exact) mass is 347 g/mol. The Morgan fingerprint density at radius 3 is 2.62 bits per heavy atom. The van der Waals surface area contributed by atoms with E-state index in [0.29, 0.717) is 25.9 Å². The van der Waals surface area contributed by atoms with E-state index < -0.39 is 17.5 Å². The van der Waals surface area contributed by atoms with Crippen LogP contribution in [0, 0.1) is 5.92 Å². The Labute approximate surface area is 137 Å². The third-order valence-corrected chi connectivity index (χ3v) is 4.08. The van der Waals surface area contributed by atoms with Crippen LogP contribution in [0.5, 0.6) is 0 Å². The van der Waals surface area contributed by atoms with E-state index in [-0.39, 0.29) is 23.4 Å². The van der Waals surface area contributed by atoms with Gasteiger partial charge in [-0.05, 0) is 20.3 Å². The number of alkyl halides is 3. The molecule has 1 N–H and O–H groups in total. The van der Waals surface area contributed by atoms with Gasteiger partial charge in [0, 0.05) is 25.6 Å². The second kappa shape index (κ2) is 6.45. The zero-order chi connectivity index (χ0) is 18.1. The van der Waals surface area contributed by atoms with Crippen molar-refractivity contribution in [3.8, 4) is 0 Å². The fourth-order valence-corrected chi connectivity index (χ4v) is 2.60. The number of carbonyl (C=O) groups excluding carboxylic acids is 2. The molecule has 0 bridgehead atoms. The second-order valence-electron chi connectivity index (χ2n) is 6.37. The molecule has 1 atom stereocenters. The number of nitrogens with one attached hydrogen (secondary N) is 1. The lowest BCUT2D eigenvalue weighted by molar-refractivity contribution is -0.155. The van der Waals surface area contributed by atoms with Gasteiger partial charge in [-0.2, -0.15) is 13.2 Å². The van der Waals surface area contributed by atoms with Crippen molar-refractivity contribution < 1.29 is 27.3 Å². The van der Waals surface area contributed by atoms with Crippen LogP contribution in [-0.4, -0.2) is 35.0 Å². The number of likely N-dealkylation sites (tertiary alicyclic amines) is 1. The molecular weight excluding hydrogens is 327 g/mol. The first-order valence-electron chi connectivity index (χ1n) is 7.68. The largest absolute Gasteiger partial charge is 0.452 e. The number of nitrogens with zero attached hydrogens (tertiary/aromatic N) is 2. The standard InChI is InChI=1S/C15H20F3N3O3/c1-4-12(22)21-6-5-9(8-21)13(23)19-14(2,3)10-7-11(24-20-10)15(16,17)18/h7,9H,4-6,8H2,1-3H3,(H,19,23)/t9-/m0/s1. The number of carbonyl (C=O) groups is 2. The lowest BCUT2D eigenvalue weighted by atomic mass is 9.98. The van der Waals surface area contributed by atoms with Gasteiger partial charge in [0.05, 0.1) is 11.5 Å². The Morgan fingerprint density at radius 1 is 1.42 bits per heavy atom. The molecule has 1 aliphatic rings. The van der Waals surface area contributed by atoms with Gasteiger partial charge in [0.2, 0.25) is 17.6 Å². The molecule has 24 heavy (non-hydrogen) atoms. The predicted octanol–water partition coefficient (Wildman–Crippen LogP) is 2.30. The molecule has 2 rings (SSSR count). The second-order valence-corrected chi connectivity index (χ2v) is 6.37. The summed E-state index contributed by atoms with van der Waals surface area (Å²) in [5.74, 6) is -1.92. The molecule has 0 saturated carbocycles. The normalized spacial score (nSPS) is 18.8. The van der Waals surface area contributed by atoms with Crippen molar-refractivity contribution in [3.63, 3.8) is 0 Å². The lowest BCUT2D eigenvalue weighted by Crippen LogP contribution is -2.45. The maximum absolute atomic E-state index is 12.6. The van der Waals surface area contributed by atoms with Crippen LogP contribution in [0.25, 0.3) is 0 Å². The van der Waals surface area contributed by atoms with Crippen molar-refractivity contribution in [1.29, 1.82) is 0 Å². The molecule has 2 heterocycles. The van der Waals surface area contributed by atoms with Crippen LogP contribution < -0.4 is 5.32 Å². The average Bonchev–Trinajstić information content (AvgIpc) is 3.14. The number of hydrogen-bond acceptors (Lipinski definition) is 4. The highest BCUT2D eigenvalue weighted by molar-refractivity contribution is 5.82. The fourth-order valence-electron chi connectivity index (χ4n) is 2.60. The molecule has 2 amide bonds. The SMILES string of the molecule is CCC(=O)N1CC[C@H](C(=O)NC(C)(C)c2cc(C(F)(F)F)on2)C1. The molecule has 1 aromatic heterocycles. The van der Waals surface area contributed by atoms with E-state index in [1.54, 1.807) is 25.7 Å². The number of rotatable bonds is 4.